The summed E-state index contributed by atoms with van der Waals surface area (Å²) in [6.45, 7) is -0.0309. The monoisotopic (exact) mass is 455 g/mol. The molecule has 0 spiro atoms. The van der Waals surface area contributed by atoms with Crippen LogP contribution in [0.1, 0.15) is 28.7 Å². The summed E-state index contributed by atoms with van der Waals surface area (Å²) in [6, 6.07) is 16.1. The number of benzene rings is 3. The third-order valence-electron chi connectivity index (χ3n) is 5.61. The first-order chi connectivity index (χ1) is 15.8. The molecule has 2 amide bonds. The fourth-order valence-electron chi connectivity index (χ4n) is 3.94. The zero-order valence-electron chi connectivity index (χ0n) is 17.3. The number of hydrogen-bond donors (Lipinski definition) is 1. The summed E-state index contributed by atoms with van der Waals surface area (Å²) < 4.78 is 45.9. The molecule has 3 aromatic rings. The molecule has 0 radical (unpaired) electrons. The number of cyclic esters (lactones) is 1. The lowest BCUT2D eigenvalue weighted by Crippen LogP contribution is -2.44. The van der Waals surface area contributed by atoms with Crippen molar-refractivity contribution in [2.75, 3.05) is 6.61 Å². The predicted octanol–water partition coefficient (Wildman–Crippen LogP) is 4.51. The number of aliphatic hydroxyl groups is 1. The first-order valence-electron chi connectivity index (χ1n) is 10.3. The van der Waals surface area contributed by atoms with Gasteiger partial charge in [0.05, 0.1) is 18.1 Å². The molecule has 0 bridgehead atoms. The number of halogens is 3. The van der Waals surface area contributed by atoms with Gasteiger partial charge in [-0.1, -0.05) is 48.5 Å². The average molecular weight is 455 g/mol. The van der Waals surface area contributed by atoms with Gasteiger partial charge >= 0.3 is 6.09 Å². The van der Waals surface area contributed by atoms with Crippen molar-refractivity contribution in [1.82, 2.24) is 4.90 Å². The van der Waals surface area contributed by atoms with Crippen LogP contribution in [0.3, 0.4) is 0 Å². The van der Waals surface area contributed by atoms with Gasteiger partial charge in [0.25, 0.3) is 0 Å². The maximum Gasteiger partial charge on any atom is 0.417 e. The molecule has 3 atom stereocenters. The fraction of sp³-hybridized carbons (Fsp3) is 0.200. The molecule has 3 unspecified atom stereocenters. The molecule has 3 aromatic carbocycles. The summed E-state index contributed by atoms with van der Waals surface area (Å²) in [5.74, 6) is -5.04. The van der Waals surface area contributed by atoms with Crippen molar-refractivity contribution in [3.8, 4) is 0 Å². The summed E-state index contributed by atoms with van der Waals surface area (Å²) >= 11 is 0. The van der Waals surface area contributed by atoms with Crippen molar-refractivity contribution in [2.24, 2.45) is 0 Å². The van der Waals surface area contributed by atoms with Crippen LogP contribution in [-0.2, 0) is 16.0 Å². The van der Waals surface area contributed by atoms with Gasteiger partial charge in [-0.3, -0.25) is 4.79 Å². The van der Waals surface area contributed by atoms with Gasteiger partial charge in [-0.25, -0.2) is 22.9 Å². The quantitative estimate of drug-likeness (QED) is 0.594. The van der Waals surface area contributed by atoms with Crippen molar-refractivity contribution >= 4 is 12.0 Å². The number of nitrogens with zero attached hydrogens (tertiary/aromatic N) is 1. The van der Waals surface area contributed by atoms with Crippen LogP contribution in [0.5, 0.6) is 0 Å². The van der Waals surface area contributed by atoms with Crippen molar-refractivity contribution in [2.45, 2.75) is 24.5 Å². The largest absolute Gasteiger partial charge is 0.447 e. The van der Waals surface area contributed by atoms with Gasteiger partial charge in [-0.15, -0.1) is 0 Å². The Balaban J connectivity index is 1.70. The molecule has 0 saturated carbocycles. The Bertz CT molecular complexity index is 1150. The fourth-order valence-corrected chi connectivity index (χ4v) is 3.94. The van der Waals surface area contributed by atoms with Gasteiger partial charge in [0.15, 0.2) is 11.6 Å². The summed E-state index contributed by atoms with van der Waals surface area (Å²) in [5, 5.41) is 11.0. The number of rotatable bonds is 6. The molecule has 4 rings (SSSR count). The maximum atomic E-state index is 13.8. The second-order valence-electron chi connectivity index (χ2n) is 7.78. The number of hydrogen-bond acceptors (Lipinski definition) is 4. The molecule has 170 valence electrons. The Morgan fingerprint density at radius 3 is 2.30 bits per heavy atom. The van der Waals surface area contributed by atoms with E-state index in [0.717, 1.165) is 40.8 Å². The van der Waals surface area contributed by atoms with Gasteiger partial charge < -0.3 is 9.84 Å². The number of amides is 2. The lowest BCUT2D eigenvalue weighted by Gasteiger charge is -2.28. The second kappa shape index (κ2) is 9.46. The summed E-state index contributed by atoms with van der Waals surface area (Å²) in [6.07, 6.45) is -2.18. The Hall–Kier alpha value is -3.65. The molecular formula is C25H20F3NO4. The van der Waals surface area contributed by atoms with E-state index in [2.05, 4.69) is 0 Å². The minimum absolute atomic E-state index is 0.0309. The maximum absolute atomic E-state index is 13.8. The molecule has 8 heteroatoms. The van der Waals surface area contributed by atoms with Crippen LogP contribution in [0.2, 0.25) is 0 Å². The van der Waals surface area contributed by atoms with Crippen LogP contribution < -0.4 is 0 Å². The summed E-state index contributed by atoms with van der Waals surface area (Å²) in [4.78, 5) is 27.0. The van der Waals surface area contributed by atoms with Gasteiger partial charge in [-0.05, 0) is 47.4 Å². The number of aliphatic hydroxyl groups excluding tert-OH is 1. The van der Waals surface area contributed by atoms with Gasteiger partial charge in [0.2, 0.25) is 5.91 Å². The lowest BCUT2D eigenvalue weighted by atomic mass is 9.87. The highest BCUT2D eigenvalue weighted by Crippen LogP contribution is 2.35. The zero-order chi connectivity index (χ0) is 23.5. The van der Waals surface area contributed by atoms with E-state index in [-0.39, 0.29) is 17.7 Å². The molecule has 0 aromatic heterocycles. The van der Waals surface area contributed by atoms with Crippen molar-refractivity contribution in [3.05, 3.63) is 107 Å². The molecule has 1 heterocycles. The third-order valence-corrected chi connectivity index (χ3v) is 5.61. The molecule has 1 saturated heterocycles. The number of carbonyl (C=O) groups excluding carboxylic acids is 2. The highest BCUT2D eigenvalue weighted by atomic mass is 19.2. The van der Waals surface area contributed by atoms with Crippen molar-refractivity contribution in [3.63, 3.8) is 0 Å². The SMILES string of the molecule is O=C1OCC(Cc2ccccc2)N1C(=O)C(c1ccc(F)cc1)C(O)c1ccc(F)c(F)c1. The van der Waals surface area contributed by atoms with E-state index in [1.54, 1.807) is 0 Å². The van der Waals surface area contributed by atoms with Gasteiger partial charge in [0, 0.05) is 0 Å². The Morgan fingerprint density at radius 2 is 1.64 bits per heavy atom. The topological polar surface area (TPSA) is 66.8 Å². The minimum atomic E-state index is -1.64. The van der Waals surface area contributed by atoms with Crippen LogP contribution in [0.25, 0.3) is 0 Å². The molecule has 1 fully saturated rings. The van der Waals surface area contributed by atoms with Crippen molar-refractivity contribution < 1.29 is 32.6 Å². The first kappa shape index (κ1) is 22.5. The molecule has 5 nitrogen and oxygen atoms in total. The van der Waals surface area contributed by atoms with Crippen LogP contribution in [0, 0.1) is 17.5 Å². The molecule has 0 aliphatic carbocycles. The lowest BCUT2D eigenvalue weighted by molar-refractivity contribution is -0.133. The molecule has 1 aliphatic rings. The normalized spacial score (nSPS) is 17.5. The zero-order valence-corrected chi connectivity index (χ0v) is 17.3. The average Bonchev–Trinajstić information content (AvgIpc) is 3.17. The van der Waals surface area contributed by atoms with Crippen LogP contribution in [0.15, 0.2) is 72.8 Å². The van der Waals surface area contributed by atoms with E-state index in [1.807, 2.05) is 30.3 Å². The molecular weight excluding hydrogens is 435 g/mol. The van der Waals surface area contributed by atoms with E-state index in [9.17, 15) is 27.9 Å². The highest BCUT2D eigenvalue weighted by Gasteiger charge is 2.43. The van der Waals surface area contributed by atoms with E-state index in [4.69, 9.17) is 4.74 Å². The van der Waals surface area contributed by atoms with E-state index < -0.39 is 47.5 Å². The number of carbonyl (C=O) groups is 2. The smallest absolute Gasteiger partial charge is 0.417 e. The van der Waals surface area contributed by atoms with Crippen LogP contribution in [-0.4, -0.2) is 34.7 Å². The van der Waals surface area contributed by atoms with E-state index >= 15 is 0 Å². The predicted molar refractivity (Wildman–Crippen MR) is 113 cm³/mol. The summed E-state index contributed by atoms with van der Waals surface area (Å²) in [5.41, 5.74) is 1.01. The van der Waals surface area contributed by atoms with E-state index in [1.165, 1.54) is 12.1 Å². The first-order valence-corrected chi connectivity index (χ1v) is 10.3. The highest BCUT2D eigenvalue weighted by molar-refractivity contribution is 5.97. The van der Waals surface area contributed by atoms with Crippen LogP contribution >= 0.6 is 0 Å². The van der Waals surface area contributed by atoms with E-state index in [0.29, 0.717) is 6.42 Å². The second-order valence-corrected chi connectivity index (χ2v) is 7.78. The minimum Gasteiger partial charge on any atom is -0.447 e. The summed E-state index contributed by atoms with van der Waals surface area (Å²) in [7, 11) is 0. The molecule has 1 N–H and O–H groups in total. The molecule has 33 heavy (non-hydrogen) atoms. The van der Waals surface area contributed by atoms with Gasteiger partial charge in [0.1, 0.15) is 12.4 Å². The Kier molecular flexibility index (Phi) is 6.46. The van der Waals surface area contributed by atoms with Crippen molar-refractivity contribution in [1.29, 1.82) is 0 Å². The third kappa shape index (κ3) is 4.75. The number of imide groups is 1. The van der Waals surface area contributed by atoms with Gasteiger partial charge in [-0.2, -0.15) is 0 Å². The standard InChI is InChI=1S/C25H20F3NO4/c26-18-9-6-16(7-10-18)22(23(30)17-8-11-20(27)21(28)13-17)24(31)29-19(14-33-25(29)32)12-15-4-2-1-3-5-15/h1-11,13,19,22-23,30H,12,14H2. The van der Waals surface area contributed by atoms with Crippen LogP contribution in [0.4, 0.5) is 18.0 Å². The Morgan fingerprint density at radius 1 is 0.970 bits per heavy atom. The number of ether oxygens (including phenoxy) is 1. The molecule has 1 aliphatic heterocycles. The Labute approximate surface area is 188 Å².